The van der Waals surface area contributed by atoms with E-state index < -0.39 is 12.0 Å². The number of carbonyl (C=O) groups is 2. The fourth-order valence-corrected chi connectivity index (χ4v) is 3.38. The highest BCUT2D eigenvalue weighted by atomic mass is 16.4. The number of urea groups is 1. The molecule has 1 aliphatic carbocycles. The molecule has 2 fully saturated rings. The second kappa shape index (κ2) is 6.26. The molecule has 1 saturated carbocycles. The maximum Gasteiger partial charge on any atom is 0.326 e. The third-order valence-electron chi connectivity index (χ3n) is 4.31. The molecule has 0 aromatic heterocycles. The fourth-order valence-electron chi connectivity index (χ4n) is 3.38. The average molecular weight is 268 g/mol. The molecule has 1 heterocycles. The summed E-state index contributed by atoms with van der Waals surface area (Å²) in [6.45, 7) is 3.51. The molecule has 0 aromatic carbocycles. The molecule has 0 radical (unpaired) electrons. The maximum atomic E-state index is 12.2. The number of hydrogen-bond acceptors (Lipinski definition) is 2. The molecule has 2 N–H and O–H groups in total. The van der Waals surface area contributed by atoms with E-state index in [9.17, 15) is 9.59 Å². The number of fused-ring (bicyclic) bond motifs is 2. The Labute approximate surface area is 114 Å². The lowest BCUT2D eigenvalue weighted by molar-refractivity contribution is -0.139. The van der Waals surface area contributed by atoms with Crippen molar-refractivity contribution in [2.45, 2.75) is 51.5 Å². The largest absolute Gasteiger partial charge is 0.480 e. The summed E-state index contributed by atoms with van der Waals surface area (Å²) >= 11 is 0. The van der Waals surface area contributed by atoms with E-state index in [2.05, 4.69) is 5.32 Å². The lowest BCUT2D eigenvalue weighted by Gasteiger charge is -2.41. The Morgan fingerprint density at radius 2 is 1.95 bits per heavy atom. The van der Waals surface area contributed by atoms with Crippen molar-refractivity contribution < 1.29 is 14.7 Å². The van der Waals surface area contributed by atoms with Gasteiger partial charge in [-0.1, -0.05) is 19.8 Å². The van der Waals surface area contributed by atoms with Gasteiger partial charge in [0.2, 0.25) is 0 Å². The smallest absolute Gasteiger partial charge is 0.326 e. The van der Waals surface area contributed by atoms with Crippen molar-refractivity contribution in [2.75, 3.05) is 13.1 Å². The first-order chi connectivity index (χ1) is 9.10. The minimum atomic E-state index is -0.938. The average Bonchev–Trinajstić information content (AvgIpc) is 2.37. The van der Waals surface area contributed by atoms with Gasteiger partial charge in [-0.2, -0.15) is 0 Å². The first-order valence-electron chi connectivity index (χ1n) is 7.38. The Hall–Kier alpha value is -1.26. The summed E-state index contributed by atoms with van der Waals surface area (Å²) in [5.41, 5.74) is 0. The summed E-state index contributed by atoms with van der Waals surface area (Å²) in [5, 5.41) is 11.7. The van der Waals surface area contributed by atoms with Gasteiger partial charge in [-0.25, -0.2) is 9.59 Å². The van der Waals surface area contributed by atoms with Gasteiger partial charge in [-0.15, -0.1) is 0 Å². The summed E-state index contributed by atoms with van der Waals surface area (Å²) in [6, 6.07) is -0.947. The minimum absolute atomic E-state index is 0.197. The normalized spacial score (nSPS) is 27.7. The number of carboxylic acid groups (broad SMARTS) is 1. The highest BCUT2D eigenvalue weighted by molar-refractivity contribution is 5.82. The Bertz CT molecular complexity index is 334. The van der Waals surface area contributed by atoms with Gasteiger partial charge in [-0.05, 0) is 37.5 Å². The van der Waals surface area contributed by atoms with Crippen LogP contribution in [0.15, 0.2) is 0 Å². The van der Waals surface area contributed by atoms with Crippen LogP contribution in [-0.4, -0.2) is 41.1 Å². The van der Waals surface area contributed by atoms with Crippen LogP contribution in [0.25, 0.3) is 0 Å². The number of nitrogens with one attached hydrogen (secondary N) is 1. The van der Waals surface area contributed by atoms with Crippen LogP contribution >= 0.6 is 0 Å². The van der Waals surface area contributed by atoms with Gasteiger partial charge in [0, 0.05) is 13.1 Å². The lowest BCUT2D eigenvalue weighted by atomic mass is 9.78. The van der Waals surface area contributed by atoms with Crippen molar-refractivity contribution in [1.29, 1.82) is 0 Å². The Morgan fingerprint density at radius 3 is 2.47 bits per heavy atom. The lowest BCUT2D eigenvalue weighted by Crippen LogP contribution is -2.53. The number of rotatable bonds is 4. The van der Waals surface area contributed by atoms with Crippen LogP contribution in [-0.2, 0) is 4.79 Å². The van der Waals surface area contributed by atoms with Crippen LogP contribution < -0.4 is 5.32 Å². The topological polar surface area (TPSA) is 69.6 Å². The van der Waals surface area contributed by atoms with Crippen molar-refractivity contribution in [2.24, 2.45) is 11.8 Å². The fraction of sp³-hybridized carbons (Fsp3) is 0.857. The molecule has 3 atom stereocenters. The minimum Gasteiger partial charge on any atom is -0.480 e. The first-order valence-corrected chi connectivity index (χ1v) is 7.38. The van der Waals surface area contributed by atoms with Crippen LogP contribution in [0.4, 0.5) is 4.79 Å². The zero-order valence-electron chi connectivity index (χ0n) is 11.6. The van der Waals surface area contributed by atoms with Crippen LogP contribution in [0, 0.1) is 11.8 Å². The number of likely N-dealkylation sites (tertiary alicyclic amines) is 1. The molecule has 1 saturated heterocycles. The van der Waals surface area contributed by atoms with E-state index in [1.54, 1.807) is 0 Å². The van der Waals surface area contributed by atoms with Gasteiger partial charge < -0.3 is 15.3 Å². The van der Waals surface area contributed by atoms with Crippen molar-refractivity contribution in [1.82, 2.24) is 10.2 Å². The predicted molar refractivity (Wildman–Crippen MR) is 71.9 cm³/mol. The van der Waals surface area contributed by atoms with Gasteiger partial charge in [0.25, 0.3) is 0 Å². The van der Waals surface area contributed by atoms with Crippen LogP contribution in [0.5, 0.6) is 0 Å². The third kappa shape index (κ3) is 3.61. The number of aliphatic carboxylic acids is 1. The zero-order valence-corrected chi connectivity index (χ0v) is 11.6. The van der Waals surface area contributed by atoms with Gasteiger partial charge in [-0.3, -0.25) is 0 Å². The van der Waals surface area contributed by atoms with Crippen molar-refractivity contribution in [3.63, 3.8) is 0 Å². The summed E-state index contributed by atoms with van der Waals surface area (Å²) in [7, 11) is 0. The number of amides is 2. The number of nitrogens with zero attached hydrogens (tertiary/aromatic N) is 1. The molecule has 108 valence electrons. The van der Waals surface area contributed by atoms with Gasteiger partial charge >= 0.3 is 12.0 Å². The molecule has 2 aliphatic rings. The molecule has 0 spiro atoms. The van der Waals surface area contributed by atoms with E-state index in [1.807, 2.05) is 11.8 Å². The molecule has 2 amide bonds. The number of carboxylic acids is 1. The molecule has 1 aliphatic heterocycles. The molecule has 0 aromatic rings. The van der Waals surface area contributed by atoms with E-state index in [-0.39, 0.29) is 6.03 Å². The summed E-state index contributed by atoms with van der Waals surface area (Å²) < 4.78 is 0. The highest BCUT2D eigenvalue weighted by Gasteiger charge is 2.33. The quantitative estimate of drug-likeness (QED) is 0.820. The van der Waals surface area contributed by atoms with E-state index in [0.29, 0.717) is 18.3 Å². The summed E-state index contributed by atoms with van der Waals surface area (Å²) in [4.78, 5) is 25.1. The number of carbonyl (C=O) groups excluding carboxylic acids is 1. The molecule has 2 bridgehead atoms. The summed E-state index contributed by atoms with van der Waals surface area (Å²) in [6.07, 6.45) is 6.17. The highest BCUT2D eigenvalue weighted by Crippen LogP contribution is 2.34. The van der Waals surface area contributed by atoms with E-state index in [4.69, 9.17) is 5.11 Å². The Kier molecular flexibility index (Phi) is 4.66. The Balaban J connectivity index is 1.90. The first kappa shape index (κ1) is 14.2. The standard InChI is InChI=1S/C14H24N2O3/c1-2-4-12(13(17)18)15-14(19)16-8-10-5-3-6-11(7-10)9-16/h10-12H,2-9H2,1H3,(H,15,19)(H,17,18)/t10?,11?,12-/m1/s1. The molecule has 5 heteroatoms. The summed E-state index contributed by atoms with van der Waals surface area (Å²) in [5.74, 6) is 0.299. The zero-order chi connectivity index (χ0) is 13.8. The number of hydrogen-bond donors (Lipinski definition) is 2. The van der Waals surface area contributed by atoms with Crippen molar-refractivity contribution in [3.8, 4) is 0 Å². The monoisotopic (exact) mass is 268 g/mol. The van der Waals surface area contributed by atoms with E-state index in [1.165, 1.54) is 25.7 Å². The Morgan fingerprint density at radius 1 is 1.32 bits per heavy atom. The van der Waals surface area contributed by atoms with Crippen LogP contribution in [0.3, 0.4) is 0 Å². The second-order valence-corrected chi connectivity index (χ2v) is 5.93. The van der Waals surface area contributed by atoms with Crippen molar-refractivity contribution in [3.05, 3.63) is 0 Å². The number of piperidine rings is 1. The predicted octanol–water partition coefficient (Wildman–Crippen LogP) is 2.07. The van der Waals surface area contributed by atoms with Crippen LogP contribution in [0.2, 0.25) is 0 Å². The molecular formula is C14H24N2O3. The van der Waals surface area contributed by atoms with Crippen LogP contribution in [0.1, 0.15) is 45.4 Å². The van der Waals surface area contributed by atoms with Gasteiger partial charge in [0.1, 0.15) is 6.04 Å². The maximum absolute atomic E-state index is 12.2. The third-order valence-corrected chi connectivity index (χ3v) is 4.31. The van der Waals surface area contributed by atoms with Gasteiger partial charge in [0.15, 0.2) is 0 Å². The van der Waals surface area contributed by atoms with Gasteiger partial charge in [0.05, 0.1) is 0 Å². The molecule has 2 rings (SSSR count). The molecule has 2 unspecified atom stereocenters. The molecule has 5 nitrogen and oxygen atoms in total. The SMILES string of the molecule is CCC[C@@H](NC(=O)N1CC2CCCC(C2)C1)C(=O)O. The molecular weight excluding hydrogens is 244 g/mol. The van der Waals surface area contributed by atoms with E-state index >= 15 is 0 Å². The van der Waals surface area contributed by atoms with E-state index in [0.717, 1.165) is 19.5 Å². The second-order valence-electron chi connectivity index (χ2n) is 5.93. The molecule has 19 heavy (non-hydrogen) atoms. The van der Waals surface area contributed by atoms with Crippen molar-refractivity contribution >= 4 is 12.0 Å².